The molecule has 0 N–H and O–H groups in total. The van der Waals surface area contributed by atoms with Crippen molar-refractivity contribution in [2.24, 2.45) is 0 Å². The highest BCUT2D eigenvalue weighted by Crippen LogP contribution is 2.22. The monoisotopic (exact) mass is 306 g/mol. The van der Waals surface area contributed by atoms with Crippen LogP contribution in [0.2, 0.25) is 10.3 Å². The summed E-state index contributed by atoms with van der Waals surface area (Å²) < 4.78 is 7.55. The van der Waals surface area contributed by atoms with Gasteiger partial charge in [0.25, 0.3) is 0 Å². The third-order valence-electron chi connectivity index (χ3n) is 3.00. The van der Waals surface area contributed by atoms with Gasteiger partial charge in [0.05, 0.1) is 5.52 Å². The molecule has 0 fully saturated rings. The highest BCUT2D eigenvalue weighted by atomic mass is 35.5. The van der Waals surface area contributed by atoms with Crippen LogP contribution >= 0.6 is 23.2 Å². The molecular formula is C15H12Cl2N2O. The van der Waals surface area contributed by atoms with Gasteiger partial charge < -0.3 is 4.74 Å². The summed E-state index contributed by atoms with van der Waals surface area (Å²) in [5.41, 5.74) is 2.91. The molecule has 0 saturated heterocycles. The molecule has 3 aromatic rings. The molecule has 102 valence electrons. The molecule has 0 amide bonds. The second-order valence-corrected chi connectivity index (χ2v) is 5.31. The Labute approximate surface area is 126 Å². The third kappa shape index (κ3) is 2.60. The summed E-state index contributed by atoms with van der Waals surface area (Å²) >= 11 is 12.0. The molecule has 0 aliphatic carbocycles. The molecule has 0 unspecified atom stereocenters. The fourth-order valence-corrected chi connectivity index (χ4v) is 2.46. The van der Waals surface area contributed by atoms with Gasteiger partial charge in [0.15, 0.2) is 0 Å². The average Bonchev–Trinajstić information content (AvgIpc) is 2.73. The highest BCUT2D eigenvalue weighted by molar-refractivity contribution is 6.30. The number of imidazole rings is 1. The van der Waals surface area contributed by atoms with Crippen LogP contribution < -0.4 is 4.74 Å². The summed E-state index contributed by atoms with van der Waals surface area (Å²) in [4.78, 5) is 4.34. The van der Waals surface area contributed by atoms with E-state index in [2.05, 4.69) is 4.98 Å². The van der Waals surface area contributed by atoms with E-state index in [1.54, 1.807) is 12.1 Å². The van der Waals surface area contributed by atoms with Gasteiger partial charge in [-0.2, -0.15) is 0 Å². The van der Waals surface area contributed by atoms with Gasteiger partial charge in [0, 0.05) is 11.2 Å². The maximum Gasteiger partial charge on any atom is 0.207 e. The molecule has 3 rings (SSSR count). The SMILES string of the molecule is Cc1ccn2c(Cl)nc(COc3cccc(Cl)c3)c2c1. The molecular weight excluding hydrogens is 295 g/mol. The lowest BCUT2D eigenvalue weighted by Gasteiger charge is -2.05. The van der Waals surface area contributed by atoms with Crippen LogP contribution in [0.4, 0.5) is 0 Å². The topological polar surface area (TPSA) is 26.5 Å². The van der Waals surface area contributed by atoms with E-state index in [1.807, 2.05) is 41.8 Å². The van der Waals surface area contributed by atoms with E-state index in [1.165, 1.54) is 0 Å². The van der Waals surface area contributed by atoms with E-state index in [0.29, 0.717) is 22.7 Å². The van der Waals surface area contributed by atoms with E-state index >= 15 is 0 Å². The largest absolute Gasteiger partial charge is 0.487 e. The van der Waals surface area contributed by atoms with Crippen LogP contribution in [-0.4, -0.2) is 9.38 Å². The fraction of sp³-hybridized carbons (Fsp3) is 0.133. The van der Waals surface area contributed by atoms with Gasteiger partial charge in [-0.3, -0.25) is 4.40 Å². The number of fused-ring (bicyclic) bond motifs is 1. The first kappa shape index (κ1) is 13.3. The number of aromatic nitrogens is 2. The minimum atomic E-state index is 0.347. The molecule has 0 aliphatic rings. The van der Waals surface area contributed by atoms with Crippen molar-refractivity contribution in [3.8, 4) is 5.75 Å². The Kier molecular flexibility index (Phi) is 3.55. The standard InChI is InChI=1S/C15H12Cl2N2O/c1-10-5-6-19-14(7-10)13(18-15(19)17)9-20-12-4-2-3-11(16)8-12/h2-8H,9H2,1H3. The summed E-state index contributed by atoms with van der Waals surface area (Å²) in [6, 6.07) is 11.3. The van der Waals surface area contributed by atoms with Crippen LogP contribution in [0.25, 0.3) is 5.52 Å². The summed E-state index contributed by atoms with van der Waals surface area (Å²) in [6.07, 6.45) is 1.91. The van der Waals surface area contributed by atoms with Crippen LogP contribution in [0.5, 0.6) is 5.75 Å². The van der Waals surface area contributed by atoms with Crippen molar-refractivity contribution in [1.29, 1.82) is 0 Å². The lowest BCUT2D eigenvalue weighted by Crippen LogP contribution is -1.96. The van der Waals surface area contributed by atoms with Crippen molar-refractivity contribution in [3.05, 3.63) is 64.2 Å². The van der Waals surface area contributed by atoms with Gasteiger partial charge in [0.1, 0.15) is 18.1 Å². The zero-order valence-corrected chi connectivity index (χ0v) is 12.3. The maximum atomic E-state index is 6.11. The lowest BCUT2D eigenvalue weighted by atomic mass is 10.2. The second kappa shape index (κ2) is 5.35. The summed E-state index contributed by atoms with van der Waals surface area (Å²) in [5.74, 6) is 0.711. The van der Waals surface area contributed by atoms with Gasteiger partial charge in [0.2, 0.25) is 5.28 Å². The molecule has 1 aromatic carbocycles. The van der Waals surface area contributed by atoms with Crippen LogP contribution in [0.3, 0.4) is 0 Å². The number of rotatable bonds is 3. The lowest BCUT2D eigenvalue weighted by molar-refractivity contribution is 0.303. The molecule has 20 heavy (non-hydrogen) atoms. The number of nitrogens with zero attached hydrogens (tertiary/aromatic N) is 2. The smallest absolute Gasteiger partial charge is 0.207 e. The zero-order chi connectivity index (χ0) is 14.1. The van der Waals surface area contributed by atoms with E-state index in [-0.39, 0.29) is 0 Å². The Hall–Kier alpha value is -1.71. The normalized spacial score (nSPS) is 10.9. The van der Waals surface area contributed by atoms with Gasteiger partial charge in [-0.15, -0.1) is 0 Å². The Morgan fingerprint density at radius 1 is 1.20 bits per heavy atom. The summed E-state index contributed by atoms with van der Waals surface area (Å²) in [5, 5.41) is 1.08. The van der Waals surface area contributed by atoms with E-state index in [4.69, 9.17) is 27.9 Å². The van der Waals surface area contributed by atoms with Gasteiger partial charge >= 0.3 is 0 Å². The highest BCUT2D eigenvalue weighted by Gasteiger charge is 2.10. The number of aryl methyl sites for hydroxylation is 1. The molecule has 0 atom stereocenters. The molecule has 5 heteroatoms. The van der Waals surface area contributed by atoms with E-state index in [0.717, 1.165) is 16.8 Å². The molecule has 0 bridgehead atoms. The van der Waals surface area contributed by atoms with Gasteiger partial charge in [-0.25, -0.2) is 4.98 Å². The third-order valence-corrected chi connectivity index (χ3v) is 3.51. The Morgan fingerprint density at radius 3 is 2.85 bits per heavy atom. The first-order valence-electron chi connectivity index (χ1n) is 6.15. The van der Waals surface area contributed by atoms with E-state index < -0.39 is 0 Å². The van der Waals surface area contributed by atoms with Gasteiger partial charge in [-0.05, 0) is 54.4 Å². The second-order valence-electron chi connectivity index (χ2n) is 4.53. The van der Waals surface area contributed by atoms with Crippen molar-refractivity contribution in [2.75, 3.05) is 0 Å². The predicted molar refractivity (Wildman–Crippen MR) is 80.7 cm³/mol. The van der Waals surface area contributed by atoms with Crippen LogP contribution in [0, 0.1) is 6.92 Å². The van der Waals surface area contributed by atoms with Gasteiger partial charge in [-0.1, -0.05) is 17.7 Å². The van der Waals surface area contributed by atoms with Crippen molar-refractivity contribution in [1.82, 2.24) is 9.38 Å². The molecule has 2 aromatic heterocycles. The Morgan fingerprint density at radius 2 is 2.05 bits per heavy atom. The maximum absolute atomic E-state index is 6.11. The van der Waals surface area contributed by atoms with Crippen LogP contribution in [-0.2, 0) is 6.61 Å². The van der Waals surface area contributed by atoms with Crippen LogP contribution in [0.15, 0.2) is 42.6 Å². The molecule has 3 nitrogen and oxygen atoms in total. The number of pyridine rings is 1. The zero-order valence-electron chi connectivity index (χ0n) is 10.8. The first-order valence-corrected chi connectivity index (χ1v) is 6.90. The molecule has 0 saturated carbocycles. The molecule has 0 radical (unpaired) electrons. The van der Waals surface area contributed by atoms with Crippen molar-refractivity contribution in [2.45, 2.75) is 13.5 Å². The number of hydrogen-bond donors (Lipinski definition) is 0. The average molecular weight is 307 g/mol. The summed E-state index contributed by atoms with van der Waals surface area (Å²) in [7, 11) is 0. The number of ether oxygens (including phenoxy) is 1. The first-order chi connectivity index (χ1) is 9.63. The van der Waals surface area contributed by atoms with Crippen molar-refractivity contribution < 1.29 is 4.74 Å². The van der Waals surface area contributed by atoms with E-state index in [9.17, 15) is 0 Å². The minimum absolute atomic E-state index is 0.347. The molecule has 2 heterocycles. The Bertz CT molecular complexity index is 768. The fourth-order valence-electron chi connectivity index (χ4n) is 2.03. The van der Waals surface area contributed by atoms with Crippen molar-refractivity contribution in [3.63, 3.8) is 0 Å². The number of hydrogen-bond acceptors (Lipinski definition) is 2. The molecule has 0 aliphatic heterocycles. The minimum Gasteiger partial charge on any atom is -0.487 e. The predicted octanol–water partition coefficient (Wildman–Crippen LogP) is 4.53. The quantitative estimate of drug-likeness (QED) is 0.711. The van der Waals surface area contributed by atoms with Crippen molar-refractivity contribution >= 4 is 28.7 Å². The molecule has 0 spiro atoms. The van der Waals surface area contributed by atoms with Crippen LogP contribution in [0.1, 0.15) is 11.3 Å². The number of halogens is 2. The Balaban J connectivity index is 1.89. The number of benzene rings is 1. The summed E-state index contributed by atoms with van der Waals surface area (Å²) in [6.45, 7) is 2.38.